The Hall–Kier alpha value is -1.57. The van der Waals surface area contributed by atoms with Crippen molar-refractivity contribution < 1.29 is 13.9 Å². The predicted octanol–water partition coefficient (Wildman–Crippen LogP) is 8.55. The molecule has 0 spiro atoms. The molecule has 0 radical (unpaired) electrons. The molecular formula is C28H43O3P. The highest BCUT2D eigenvalue weighted by molar-refractivity contribution is 7.41. The number of hydrogen-bond donors (Lipinski definition) is 1. The minimum Gasteiger partial charge on any atom is -0.418 e. The van der Waals surface area contributed by atoms with Gasteiger partial charge in [-0.3, -0.25) is 0 Å². The lowest BCUT2D eigenvalue weighted by Gasteiger charge is -2.33. The van der Waals surface area contributed by atoms with E-state index in [9.17, 15) is 4.89 Å². The number of hydrogen-bond acceptors (Lipinski definition) is 3. The van der Waals surface area contributed by atoms with Crippen molar-refractivity contribution in [3.8, 4) is 11.5 Å². The Morgan fingerprint density at radius 3 is 1.09 bits per heavy atom. The summed E-state index contributed by atoms with van der Waals surface area (Å²) in [5.74, 6) is 1.37. The van der Waals surface area contributed by atoms with Gasteiger partial charge in [-0.25, -0.2) is 0 Å². The van der Waals surface area contributed by atoms with Crippen LogP contribution < -0.4 is 9.05 Å². The van der Waals surface area contributed by atoms with Crippen LogP contribution in [0.2, 0.25) is 0 Å². The molecule has 4 heteroatoms. The van der Waals surface area contributed by atoms with Crippen LogP contribution in [-0.4, -0.2) is 4.89 Å². The van der Waals surface area contributed by atoms with E-state index < -0.39 is 8.60 Å². The van der Waals surface area contributed by atoms with Crippen LogP contribution in [0.25, 0.3) is 0 Å². The second-order valence-corrected chi connectivity index (χ2v) is 13.6. The highest BCUT2D eigenvalue weighted by atomic mass is 31.2. The monoisotopic (exact) mass is 458 g/mol. The Bertz CT molecular complexity index is 858. The first-order valence-corrected chi connectivity index (χ1v) is 12.6. The maximum Gasteiger partial charge on any atom is 0.460 e. The van der Waals surface area contributed by atoms with E-state index in [2.05, 4.69) is 95.2 Å². The predicted molar refractivity (Wildman–Crippen MR) is 138 cm³/mol. The Morgan fingerprint density at radius 1 is 0.531 bits per heavy atom. The maximum absolute atomic E-state index is 10.9. The summed E-state index contributed by atoms with van der Waals surface area (Å²) >= 11 is 0. The van der Waals surface area contributed by atoms with Crippen molar-refractivity contribution in [2.75, 3.05) is 0 Å². The van der Waals surface area contributed by atoms with E-state index in [1.165, 1.54) is 11.1 Å². The van der Waals surface area contributed by atoms with Crippen molar-refractivity contribution in [2.45, 2.75) is 105 Å². The molecule has 1 N–H and O–H groups in total. The summed E-state index contributed by atoms with van der Waals surface area (Å²) in [5, 5.41) is 0. The van der Waals surface area contributed by atoms with E-state index in [0.717, 1.165) is 11.1 Å². The van der Waals surface area contributed by atoms with E-state index in [0.29, 0.717) is 11.5 Å². The molecule has 2 aromatic carbocycles. The third kappa shape index (κ3) is 6.27. The van der Waals surface area contributed by atoms with Gasteiger partial charge in [-0.2, -0.15) is 0 Å². The van der Waals surface area contributed by atoms with Crippen LogP contribution in [-0.2, 0) is 21.7 Å². The maximum atomic E-state index is 10.9. The third-order valence-corrected chi connectivity index (χ3v) is 6.23. The van der Waals surface area contributed by atoms with Crippen molar-refractivity contribution in [1.82, 2.24) is 0 Å². The van der Waals surface area contributed by atoms with Gasteiger partial charge in [0, 0.05) is 11.1 Å². The molecule has 0 aliphatic rings. The summed E-state index contributed by atoms with van der Waals surface area (Å²) in [5.41, 5.74) is 4.29. The van der Waals surface area contributed by atoms with Crippen molar-refractivity contribution >= 4 is 8.60 Å². The molecule has 0 unspecified atom stereocenters. The molecule has 2 aromatic rings. The zero-order valence-electron chi connectivity index (χ0n) is 22.2. The Labute approximate surface area is 197 Å². The average molecular weight is 459 g/mol. The van der Waals surface area contributed by atoms with Crippen LogP contribution in [0.1, 0.15) is 105 Å². The summed E-state index contributed by atoms with van der Waals surface area (Å²) in [6, 6.07) is 12.2. The fourth-order valence-electron chi connectivity index (χ4n) is 4.20. The Balaban J connectivity index is 2.49. The third-order valence-electron chi connectivity index (χ3n) is 5.52. The lowest BCUT2D eigenvalue weighted by atomic mass is 9.75. The zero-order valence-corrected chi connectivity index (χ0v) is 23.1. The standard InChI is InChI=1S/C28H43O3P/c1-25(2,3)19-15-13-17-21(23(19)27(7,8)9)30-32(29)31-22-18-14-16-20(26(4,5)6)24(22)28(10,11)12/h13-18,29H,1-12H3. The lowest BCUT2D eigenvalue weighted by Crippen LogP contribution is -2.23. The van der Waals surface area contributed by atoms with E-state index in [1.807, 2.05) is 24.3 Å². The van der Waals surface area contributed by atoms with Crippen molar-refractivity contribution in [3.05, 3.63) is 58.7 Å². The molecule has 0 aliphatic heterocycles. The second kappa shape index (κ2) is 8.99. The normalized spacial score (nSPS) is 13.4. The number of rotatable bonds is 4. The van der Waals surface area contributed by atoms with Crippen LogP contribution in [0.15, 0.2) is 36.4 Å². The van der Waals surface area contributed by atoms with Gasteiger partial charge in [0.05, 0.1) is 0 Å². The van der Waals surface area contributed by atoms with E-state index in [1.54, 1.807) is 0 Å². The minimum absolute atomic E-state index is 0.0402. The van der Waals surface area contributed by atoms with Gasteiger partial charge in [0.2, 0.25) is 0 Å². The summed E-state index contributed by atoms with van der Waals surface area (Å²) in [6.07, 6.45) is 0. The first kappa shape index (κ1) is 26.7. The summed E-state index contributed by atoms with van der Waals surface area (Å²) in [7, 11) is -2.16. The van der Waals surface area contributed by atoms with Gasteiger partial charge >= 0.3 is 8.60 Å². The molecule has 0 saturated heterocycles. The molecule has 0 atom stereocenters. The summed E-state index contributed by atoms with van der Waals surface area (Å²) < 4.78 is 12.2. The van der Waals surface area contributed by atoms with E-state index in [-0.39, 0.29) is 21.7 Å². The van der Waals surface area contributed by atoms with Gasteiger partial charge < -0.3 is 13.9 Å². The molecule has 0 saturated carbocycles. The van der Waals surface area contributed by atoms with Crippen LogP contribution in [0.3, 0.4) is 0 Å². The van der Waals surface area contributed by atoms with Crippen LogP contribution in [0.4, 0.5) is 0 Å². The first-order valence-electron chi connectivity index (χ1n) is 11.5. The highest BCUT2D eigenvalue weighted by Gasteiger charge is 2.32. The second-order valence-electron chi connectivity index (χ2n) is 12.8. The molecular weight excluding hydrogens is 415 g/mol. The molecule has 0 amide bonds. The Morgan fingerprint density at radius 2 is 0.844 bits per heavy atom. The van der Waals surface area contributed by atoms with Crippen LogP contribution in [0, 0.1) is 0 Å². The largest absolute Gasteiger partial charge is 0.460 e. The molecule has 3 nitrogen and oxygen atoms in total. The van der Waals surface area contributed by atoms with Crippen molar-refractivity contribution in [2.24, 2.45) is 0 Å². The van der Waals surface area contributed by atoms with Crippen molar-refractivity contribution in [1.29, 1.82) is 0 Å². The molecule has 0 fully saturated rings. The molecule has 2 rings (SSSR count). The van der Waals surface area contributed by atoms with Crippen LogP contribution in [0.5, 0.6) is 11.5 Å². The fourth-order valence-corrected chi connectivity index (χ4v) is 4.88. The molecule has 0 aromatic heterocycles. The molecule has 32 heavy (non-hydrogen) atoms. The van der Waals surface area contributed by atoms with E-state index >= 15 is 0 Å². The summed E-state index contributed by atoms with van der Waals surface area (Å²) in [6.45, 7) is 26.3. The SMILES string of the molecule is CC(C)(C)c1cccc(OP(O)Oc2cccc(C(C)(C)C)c2C(C)(C)C)c1C(C)(C)C. The number of benzene rings is 2. The lowest BCUT2D eigenvalue weighted by molar-refractivity contribution is 0.368. The molecule has 178 valence electrons. The molecule has 0 heterocycles. The van der Waals surface area contributed by atoms with Gasteiger partial charge in [0.15, 0.2) is 0 Å². The molecule has 0 aliphatic carbocycles. The quantitative estimate of drug-likeness (QED) is 0.466. The van der Waals surface area contributed by atoms with Gasteiger partial charge in [0.1, 0.15) is 11.5 Å². The minimum atomic E-state index is -2.16. The Kier molecular flexibility index (Phi) is 7.50. The molecule has 0 bridgehead atoms. The fraction of sp³-hybridized carbons (Fsp3) is 0.571. The zero-order chi connectivity index (χ0) is 24.7. The smallest absolute Gasteiger partial charge is 0.418 e. The topological polar surface area (TPSA) is 38.7 Å². The average Bonchev–Trinajstić information content (AvgIpc) is 2.57. The van der Waals surface area contributed by atoms with E-state index in [4.69, 9.17) is 9.05 Å². The van der Waals surface area contributed by atoms with Gasteiger partial charge in [-0.05, 0) is 44.9 Å². The van der Waals surface area contributed by atoms with Crippen molar-refractivity contribution in [3.63, 3.8) is 0 Å². The van der Waals surface area contributed by atoms with Gasteiger partial charge in [0.25, 0.3) is 0 Å². The van der Waals surface area contributed by atoms with Crippen LogP contribution >= 0.6 is 8.60 Å². The van der Waals surface area contributed by atoms with Gasteiger partial charge in [-0.15, -0.1) is 0 Å². The first-order chi connectivity index (χ1) is 14.3. The summed E-state index contributed by atoms with van der Waals surface area (Å²) in [4.78, 5) is 10.9. The van der Waals surface area contributed by atoms with Gasteiger partial charge in [-0.1, -0.05) is 107 Å². The highest BCUT2D eigenvalue weighted by Crippen LogP contribution is 2.47.